The average Bonchev–Trinajstić information content (AvgIpc) is 3.13. The van der Waals surface area contributed by atoms with Crippen LogP contribution in [-0.4, -0.2) is 53.5 Å². The Morgan fingerprint density at radius 3 is 1.48 bits per heavy atom. The van der Waals surface area contributed by atoms with Gasteiger partial charge in [-0.25, -0.2) is 0 Å². The molecular weight excluding hydrogens is 651 g/mol. The fourth-order valence-electron chi connectivity index (χ4n) is 6.00. The van der Waals surface area contributed by atoms with E-state index in [0.29, 0.717) is 19.8 Å². The van der Waals surface area contributed by atoms with Gasteiger partial charge in [0.15, 0.2) is 12.1 Å². The van der Waals surface area contributed by atoms with Crippen LogP contribution >= 0.6 is 23.2 Å². The zero-order valence-corrected chi connectivity index (χ0v) is 28.2. The fourth-order valence-corrected chi connectivity index (χ4v) is 6.83. The Hall–Kier alpha value is -3.11. The van der Waals surface area contributed by atoms with Gasteiger partial charge in [0.1, 0.15) is 30.5 Å². The Morgan fingerprint density at radius 1 is 0.604 bits per heavy atom. The third-order valence-electron chi connectivity index (χ3n) is 8.67. The molecule has 0 radical (unpaired) electrons. The van der Waals surface area contributed by atoms with E-state index >= 15 is 0 Å². The lowest BCUT2D eigenvalue weighted by molar-refractivity contribution is -0.341. The predicted molar refractivity (Wildman–Crippen MR) is 183 cm³/mol. The molecule has 2 fully saturated rings. The molecule has 0 bridgehead atoms. The standard InChI is InChI=1S/C39H40Cl2O7/c1-27-36(42)39(40,41)37(27)48-38-35(46-25-31-20-12-5-13-21-31)34(45-24-30-18-10-4-11-19-30)33(44-23-29-16-8-3-9-17-29)32(47-38)26-43-22-28-14-6-2-7-15-28/h2-21,27,32-35,37-38H,22-26H2,1H3/t27-,32+,33-,34-,35+,37+,38-/m0/s1. The number of carbonyl (C=O) groups excluding carboxylic acids is 1. The van der Waals surface area contributed by atoms with Crippen LogP contribution in [0.1, 0.15) is 29.2 Å². The van der Waals surface area contributed by atoms with E-state index in [2.05, 4.69) is 0 Å². The quantitative estimate of drug-likeness (QED) is 0.120. The summed E-state index contributed by atoms with van der Waals surface area (Å²) in [6.45, 7) is 3.16. The smallest absolute Gasteiger partial charge is 0.202 e. The highest BCUT2D eigenvalue weighted by molar-refractivity contribution is 6.61. The molecule has 0 aromatic heterocycles. The van der Waals surface area contributed by atoms with Gasteiger partial charge in [-0.3, -0.25) is 4.79 Å². The predicted octanol–water partition coefficient (Wildman–Crippen LogP) is 7.46. The maximum absolute atomic E-state index is 12.6. The highest BCUT2D eigenvalue weighted by atomic mass is 35.5. The monoisotopic (exact) mass is 690 g/mol. The number of halogens is 2. The highest BCUT2D eigenvalue weighted by Gasteiger charge is 2.62. The van der Waals surface area contributed by atoms with Gasteiger partial charge in [-0.05, 0) is 22.3 Å². The minimum absolute atomic E-state index is 0.177. The lowest BCUT2D eigenvalue weighted by Gasteiger charge is -2.50. The van der Waals surface area contributed by atoms with Crippen LogP contribution in [0.5, 0.6) is 0 Å². The van der Waals surface area contributed by atoms with Crippen LogP contribution in [0.3, 0.4) is 0 Å². The van der Waals surface area contributed by atoms with Gasteiger partial charge in [0.25, 0.3) is 0 Å². The lowest BCUT2D eigenvalue weighted by Crippen LogP contribution is -2.66. The van der Waals surface area contributed by atoms with Crippen LogP contribution in [0.4, 0.5) is 0 Å². The topological polar surface area (TPSA) is 72.5 Å². The molecule has 4 aromatic rings. The van der Waals surface area contributed by atoms with Gasteiger partial charge in [-0.15, -0.1) is 0 Å². The van der Waals surface area contributed by atoms with Crippen molar-refractivity contribution in [2.75, 3.05) is 6.61 Å². The second-order valence-electron chi connectivity index (χ2n) is 12.2. The van der Waals surface area contributed by atoms with E-state index in [1.807, 2.05) is 121 Å². The second kappa shape index (κ2) is 16.5. The van der Waals surface area contributed by atoms with Gasteiger partial charge < -0.3 is 28.4 Å². The molecule has 1 aliphatic carbocycles. The SMILES string of the molecule is C[C@H]1C(=O)C(Cl)(Cl)[C@@H]1O[C@@H]1O[C@H](COCc2ccccc2)[C@H](OCc2ccccc2)[C@H](OCc2ccccc2)[C@H]1OCc1ccccc1. The summed E-state index contributed by atoms with van der Waals surface area (Å²) >= 11 is 13.0. The molecule has 2 aliphatic rings. The Bertz CT molecular complexity index is 1560. The van der Waals surface area contributed by atoms with Crippen LogP contribution < -0.4 is 0 Å². The first-order valence-corrected chi connectivity index (χ1v) is 17.0. The number of hydrogen-bond donors (Lipinski definition) is 0. The van der Waals surface area contributed by atoms with Crippen molar-refractivity contribution in [1.82, 2.24) is 0 Å². The first-order chi connectivity index (χ1) is 23.4. The molecule has 0 amide bonds. The van der Waals surface area contributed by atoms with E-state index in [4.69, 9.17) is 51.6 Å². The molecule has 0 N–H and O–H groups in total. The molecule has 7 atom stereocenters. The number of Topliss-reactive ketones (excluding diaryl/α,β-unsaturated/α-hetero) is 1. The lowest BCUT2D eigenvalue weighted by atomic mass is 9.80. The van der Waals surface area contributed by atoms with E-state index in [-0.39, 0.29) is 19.0 Å². The zero-order chi connectivity index (χ0) is 33.3. The molecule has 6 rings (SSSR count). The summed E-state index contributed by atoms with van der Waals surface area (Å²) in [4.78, 5) is 12.6. The molecule has 0 unspecified atom stereocenters. The van der Waals surface area contributed by atoms with Crippen LogP contribution in [0, 0.1) is 5.92 Å². The van der Waals surface area contributed by atoms with Gasteiger partial charge in [0, 0.05) is 5.92 Å². The molecule has 1 aliphatic heterocycles. The van der Waals surface area contributed by atoms with E-state index in [9.17, 15) is 4.79 Å². The molecule has 48 heavy (non-hydrogen) atoms. The number of rotatable bonds is 15. The van der Waals surface area contributed by atoms with Crippen molar-refractivity contribution in [1.29, 1.82) is 0 Å². The number of carbonyl (C=O) groups is 1. The average molecular weight is 692 g/mol. The van der Waals surface area contributed by atoms with Crippen LogP contribution in [0.25, 0.3) is 0 Å². The van der Waals surface area contributed by atoms with Crippen molar-refractivity contribution < 1.29 is 33.2 Å². The minimum Gasteiger partial charge on any atom is -0.374 e. The van der Waals surface area contributed by atoms with Crippen LogP contribution in [0.15, 0.2) is 121 Å². The van der Waals surface area contributed by atoms with Crippen molar-refractivity contribution in [2.24, 2.45) is 5.92 Å². The van der Waals surface area contributed by atoms with Gasteiger partial charge in [-0.1, -0.05) is 151 Å². The summed E-state index contributed by atoms with van der Waals surface area (Å²) in [5.41, 5.74) is 3.98. The molecular formula is C39H40Cl2O7. The normalized spacial score (nSPS) is 26.6. The van der Waals surface area contributed by atoms with Crippen molar-refractivity contribution in [3.8, 4) is 0 Å². The first-order valence-electron chi connectivity index (χ1n) is 16.2. The molecule has 9 heteroatoms. The van der Waals surface area contributed by atoms with E-state index in [1.54, 1.807) is 6.92 Å². The minimum atomic E-state index is -1.70. The summed E-state index contributed by atoms with van der Waals surface area (Å²) in [6, 6.07) is 39.6. The van der Waals surface area contributed by atoms with E-state index in [1.165, 1.54) is 0 Å². The highest BCUT2D eigenvalue weighted by Crippen LogP contribution is 2.47. The Morgan fingerprint density at radius 2 is 1.02 bits per heavy atom. The number of hydrogen-bond acceptors (Lipinski definition) is 7. The molecule has 1 saturated heterocycles. The summed E-state index contributed by atoms with van der Waals surface area (Å²) in [5.74, 6) is -0.820. The molecule has 4 aromatic carbocycles. The number of alkyl halides is 2. The Kier molecular flexibility index (Phi) is 12.0. The van der Waals surface area contributed by atoms with E-state index in [0.717, 1.165) is 22.3 Å². The third kappa shape index (κ3) is 8.54. The summed E-state index contributed by atoms with van der Waals surface area (Å²) in [6.07, 6.45) is -4.54. The Balaban J connectivity index is 1.32. The van der Waals surface area contributed by atoms with Crippen molar-refractivity contribution in [3.63, 3.8) is 0 Å². The van der Waals surface area contributed by atoms with E-state index < -0.39 is 47.1 Å². The molecule has 0 spiro atoms. The largest absolute Gasteiger partial charge is 0.374 e. The Labute approximate surface area is 292 Å². The fraction of sp³-hybridized carbons (Fsp3) is 0.359. The van der Waals surface area contributed by atoms with Gasteiger partial charge >= 0.3 is 0 Å². The molecule has 1 heterocycles. The van der Waals surface area contributed by atoms with Crippen LogP contribution in [0.2, 0.25) is 0 Å². The summed E-state index contributed by atoms with van der Waals surface area (Å²) < 4.78 is 37.7. The first kappa shape index (κ1) is 34.7. The second-order valence-corrected chi connectivity index (χ2v) is 13.5. The summed E-state index contributed by atoms with van der Waals surface area (Å²) in [5, 5.41) is 0. The summed E-state index contributed by atoms with van der Waals surface area (Å²) in [7, 11) is 0. The number of ketones is 1. The number of benzene rings is 4. The molecule has 1 saturated carbocycles. The van der Waals surface area contributed by atoms with Crippen molar-refractivity contribution >= 4 is 29.0 Å². The molecule has 7 nitrogen and oxygen atoms in total. The molecule has 252 valence electrons. The third-order valence-corrected chi connectivity index (χ3v) is 9.48. The maximum atomic E-state index is 12.6. The van der Waals surface area contributed by atoms with Crippen LogP contribution in [-0.2, 0) is 59.6 Å². The van der Waals surface area contributed by atoms with Gasteiger partial charge in [-0.2, -0.15) is 0 Å². The van der Waals surface area contributed by atoms with Gasteiger partial charge in [0.2, 0.25) is 4.33 Å². The number of ether oxygens (including phenoxy) is 6. The maximum Gasteiger partial charge on any atom is 0.202 e. The van der Waals surface area contributed by atoms with Crippen molar-refractivity contribution in [3.05, 3.63) is 144 Å². The van der Waals surface area contributed by atoms with Gasteiger partial charge in [0.05, 0.1) is 33.0 Å². The van der Waals surface area contributed by atoms with Crippen molar-refractivity contribution in [2.45, 2.75) is 74.5 Å². The zero-order valence-electron chi connectivity index (χ0n) is 26.7.